The molecule has 1 heterocycles. The summed E-state index contributed by atoms with van der Waals surface area (Å²) in [6.45, 7) is 0. The highest BCUT2D eigenvalue weighted by atomic mass is 35.5. The van der Waals surface area contributed by atoms with Gasteiger partial charge in [-0.25, -0.2) is 4.79 Å². The fourth-order valence-electron chi connectivity index (χ4n) is 1.63. The second-order valence-electron chi connectivity index (χ2n) is 4.11. The Kier molecular flexibility index (Phi) is 5.44. The van der Waals surface area contributed by atoms with E-state index >= 15 is 0 Å². The zero-order valence-corrected chi connectivity index (χ0v) is 12.6. The van der Waals surface area contributed by atoms with Crippen molar-refractivity contribution >= 4 is 29.3 Å². The van der Waals surface area contributed by atoms with Crippen LogP contribution in [0.3, 0.4) is 0 Å². The molecule has 5 heteroatoms. The van der Waals surface area contributed by atoms with Crippen LogP contribution in [0.1, 0.15) is 21.6 Å². The van der Waals surface area contributed by atoms with E-state index in [0.717, 1.165) is 27.8 Å². The molecule has 0 aliphatic rings. The van der Waals surface area contributed by atoms with Crippen molar-refractivity contribution in [3.63, 3.8) is 0 Å². The second-order valence-corrected chi connectivity index (χ2v) is 5.51. The maximum Gasteiger partial charge on any atom is 0.339 e. The minimum Gasteiger partial charge on any atom is -0.465 e. The van der Waals surface area contributed by atoms with Crippen molar-refractivity contribution in [1.82, 2.24) is 4.98 Å². The van der Waals surface area contributed by atoms with Crippen molar-refractivity contribution in [2.45, 2.75) is 11.5 Å². The normalized spacial score (nSPS) is 10.3. The molecule has 1 aromatic heterocycles. The number of aromatic nitrogens is 1. The van der Waals surface area contributed by atoms with Crippen LogP contribution in [0.5, 0.6) is 0 Å². The highest BCUT2D eigenvalue weighted by Gasteiger charge is 2.05. The molecule has 0 saturated carbocycles. The summed E-state index contributed by atoms with van der Waals surface area (Å²) in [6.07, 6.45) is 1.54. The molecule has 0 spiro atoms. The molecule has 3 nitrogen and oxygen atoms in total. The molecule has 0 atom stereocenters. The predicted octanol–water partition coefficient (Wildman–Crippen LogP) is 3.96. The summed E-state index contributed by atoms with van der Waals surface area (Å²) < 4.78 is 4.63. The largest absolute Gasteiger partial charge is 0.465 e. The maximum absolute atomic E-state index is 11.3. The Labute approximate surface area is 127 Å². The van der Waals surface area contributed by atoms with Crippen LogP contribution in [-0.2, 0) is 16.2 Å². The minimum atomic E-state index is -0.368. The van der Waals surface area contributed by atoms with Crippen LogP contribution in [-0.4, -0.2) is 18.1 Å². The van der Waals surface area contributed by atoms with Gasteiger partial charge >= 0.3 is 5.97 Å². The fourth-order valence-corrected chi connectivity index (χ4v) is 2.86. The first kappa shape index (κ1) is 14.9. The predicted molar refractivity (Wildman–Crippen MR) is 82.0 cm³/mol. The molecular formula is C15H14ClNO2S. The topological polar surface area (TPSA) is 39.2 Å². The Morgan fingerprint density at radius 2 is 2.05 bits per heavy atom. The number of carbonyl (C=O) groups excluding carboxylic acids is 1. The number of thioether (sulfide) groups is 1. The molecule has 20 heavy (non-hydrogen) atoms. The Hall–Kier alpha value is -1.52. The SMILES string of the molecule is COC(=O)c1ccc(CSCc2ccccc2Cl)nc1. The molecule has 1 aromatic carbocycles. The Morgan fingerprint density at radius 1 is 1.25 bits per heavy atom. The molecule has 0 aliphatic carbocycles. The minimum absolute atomic E-state index is 0.368. The van der Waals surface area contributed by atoms with E-state index in [1.165, 1.54) is 13.3 Å². The van der Waals surface area contributed by atoms with Crippen LogP contribution in [0, 0.1) is 0 Å². The number of rotatable bonds is 5. The smallest absolute Gasteiger partial charge is 0.339 e. The number of carbonyl (C=O) groups is 1. The van der Waals surface area contributed by atoms with E-state index in [1.807, 2.05) is 30.3 Å². The molecule has 0 amide bonds. The van der Waals surface area contributed by atoms with Crippen LogP contribution in [0.25, 0.3) is 0 Å². The van der Waals surface area contributed by atoms with E-state index < -0.39 is 0 Å². The number of nitrogens with zero attached hydrogens (tertiary/aromatic N) is 1. The van der Waals surface area contributed by atoms with E-state index in [1.54, 1.807) is 17.8 Å². The van der Waals surface area contributed by atoms with Gasteiger partial charge in [0.25, 0.3) is 0 Å². The highest BCUT2D eigenvalue weighted by Crippen LogP contribution is 2.22. The summed E-state index contributed by atoms with van der Waals surface area (Å²) in [5.41, 5.74) is 2.51. The van der Waals surface area contributed by atoms with Crippen LogP contribution in [0.4, 0.5) is 0 Å². The van der Waals surface area contributed by atoms with Crippen molar-refractivity contribution in [2.24, 2.45) is 0 Å². The van der Waals surface area contributed by atoms with Gasteiger partial charge in [-0.2, -0.15) is 11.8 Å². The molecule has 0 fully saturated rings. The fraction of sp³-hybridized carbons (Fsp3) is 0.200. The van der Waals surface area contributed by atoms with Gasteiger partial charge in [-0.3, -0.25) is 4.98 Å². The Balaban J connectivity index is 1.88. The van der Waals surface area contributed by atoms with Crippen molar-refractivity contribution in [3.05, 3.63) is 64.4 Å². The lowest BCUT2D eigenvalue weighted by Crippen LogP contribution is -2.02. The lowest BCUT2D eigenvalue weighted by atomic mass is 10.2. The first-order chi connectivity index (χ1) is 9.70. The van der Waals surface area contributed by atoms with Gasteiger partial charge in [0.15, 0.2) is 0 Å². The third-order valence-electron chi connectivity index (χ3n) is 2.71. The number of methoxy groups -OCH3 is 1. The van der Waals surface area contributed by atoms with Crippen LogP contribution >= 0.6 is 23.4 Å². The average molecular weight is 308 g/mol. The zero-order valence-electron chi connectivity index (χ0n) is 11.0. The number of hydrogen-bond donors (Lipinski definition) is 0. The molecule has 2 rings (SSSR count). The van der Waals surface area contributed by atoms with Crippen molar-refractivity contribution < 1.29 is 9.53 Å². The Morgan fingerprint density at radius 3 is 2.70 bits per heavy atom. The van der Waals surface area contributed by atoms with Gasteiger partial charge in [0, 0.05) is 22.7 Å². The van der Waals surface area contributed by atoms with Crippen LogP contribution < -0.4 is 0 Å². The molecule has 0 radical (unpaired) electrons. The van der Waals surface area contributed by atoms with Crippen molar-refractivity contribution in [1.29, 1.82) is 0 Å². The van der Waals surface area contributed by atoms with E-state index in [-0.39, 0.29) is 5.97 Å². The lowest BCUT2D eigenvalue weighted by molar-refractivity contribution is 0.0600. The maximum atomic E-state index is 11.3. The highest BCUT2D eigenvalue weighted by molar-refractivity contribution is 7.97. The van der Waals surface area contributed by atoms with Gasteiger partial charge in [-0.1, -0.05) is 29.8 Å². The third-order valence-corrected chi connectivity index (χ3v) is 4.09. The quantitative estimate of drug-likeness (QED) is 0.784. The zero-order chi connectivity index (χ0) is 14.4. The summed E-state index contributed by atoms with van der Waals surface area (Å²) >= 11 is 7.83. The first-order valence-electron chi connectivity index (χ1n) is 6.05. The number of esters is 1. The molecule has 0 unspecified atom stereocenters. The summed E-state index contributed by atoms with van der Waals surface area (Å²) in [6, 6.07) is 11.4. The molecule has 0 N–H and O–H groups in total. The summed E-state index contributed by atoms with van der Waals surface area (Å²) in [5, 5.41) is 0.786. The molecular weight excluding hydrogens is 294 g/mol. The van der Waals surface area contributed by atoms with Gasteiger partial charge in [0.2, 0.25) is 0 Å². The number of pyridine rings is 1. The van der Waals surface area contributed by atoms with Crippen molar-refractivity contribution in [2.75, 3.05) is 7.11 Å². The second kappa shape index (κ2) is 7.31. The van der Waals surface area contributed by atoms with Gasteiger partial charge in [0.05, 0.1) is 18.4 Å². The van der Waals surface area contributed by atoms with E-state index in [4.69, 9.17) is 11.6 Å². The average Bonchev–Trinajstić information content (AvgIpc) is 2.49. The molecule has 104 valence electrons. The van der Waals surface area contributed by atoms with E-state index in [9.17, 15) is 4.79 Å². The Bertz CT molecular complexity index is 587. The van der Waals surface area contributed by atoms with Gasteiger partial charge in [-0.05, 0) is 23.8 Å². The van der Waals surface area contributed by atoms with E-state index in [2.05, 4.69) is 9.72 Å². The standard InChI is InChI=1S/C15H14ClNO2S/c1-19-15(18)11-6-7-13(17-8-11)10-20-9-12-4-2-3-5-14(12)16/h2-8H,9-10H2,1H3. The number of halogens is 1. The third kappa shape index (κ3) is 3.99. The number of hydrogen-bond acceptors (Lipinski definition) is 4. The van der Waals surface area contributed by atoms with Crippen LogP contribution in [0.2, 0.25) is 5.02 Å². The summed E-state index contributed by atoms with van der Waals surface area (Å²) in [5.74, 6) is 1.24. The summed E-state index contributed by atoms with van der Waals surface area (Å²) in [7, 11) is 1.36. The lowest BCUT2D eigenvalue weighted by Gasteiger charge is -2.04. The monoisotopic (exact) mass is 307 g/mol. The van der Waals surface area contributed by atoms with E-state index in [0.29, 0.717) is 5.56 Å². The van der Waals surface area contributed by atoms with Crippen molar-refractivity contribution in [3.8, 4) is 0 Å². The first-order valence-corrected chi connectivity index (χ1v) is 7.58. The van der Waals surface area contributed by atoms with Gasteiger partial charge in [-0.15, -0.1) is 0 Å². The molecule has 0 saturated heterocycles. The summed E-state index contributed by atoms with van der Waals surface area (Å²) in [4.78, 5) is 15.5. The number of benzene rings is 1. The molecule has 0 aliphatic heterocycles. The number of ether oxygens (including phenoxy) is 1. The van der Waals surface area contributed by atoms with Crippen LogP contribution in [0.15, 0.2) is 42.6 Å². The van der Waals surface area contributed by atoms with Gasteiger partial charge < -0.3 is 4.74 Å². The molecule has 2 aromatic rings. The molecule has 0 bridgehead atoms. The van der Waals surface area contributed by atoms with Gasteiger partial charge in [0.1, 0.15) is 0 Å².